The predicted molar refractivity (Wildman–Crippen MR) is 52.5 cm³/mol. The molecule has 0 saturated carbocycles. The lowest BCUT2D eigenvalue weighted by Crippen LogP contribution is -2.35. The smallest absolute Gasteiger partial charge is 0.231 e. The Labute approximate surface area is 79.7 Å². The van der Waals surface area contributed by atoms with E-state index in [0.717, 1.165) is 13.1 Å². The van der Waals surface area contributed by atoms with Crippen molar-refractivity contribution in [3.63, 3.8) is 0 Å². The van der Waals surface area contributed by atoms with Gasteiger partial charge >= 0.3 is 0 Å². The molecule has 0 aromatic heterocycles. The molecule has 0 bridgehead atoms. The van der Waals surface area contributed by atoms with E-state index in [-0.39, 0.29) is 24.9 Å². The van der Waals surface area contributed by atoms with E-state index in [0.29, 0.717) is 6.04 Å². The van der Waals surface area contributed by atoms with Gasteiger partial charge < -0.3 is 16.4 Å². The van der Waals surface area contributed by atoms with Crippen LogP contribution >= 0.6 is 12.4 Å². The molecule has 0 fully saturated rings. The summed E-state index contributed by atoms with van der Waals surface area (Å²) in [6, 6.07) is 0.491. The van der Waals surface area contributed by atoms with Gasteiger partial charge in [0.1, 0.15) is 0 Å². The number of nitrogens with two attached hydrogens (primary N) is 1. The van der Waals surface area contributed by atoms with Gasteiger partial charge in [0.2, 0.25) is 5.91 Å². The number of rotatable bonds is 6. The minimum Gasteiger partial charge on any atom is -0.369 e. The van der Waals surface area contributed by atoms with Crippen molar-refractivity contribution in [2.75, 3.05) is 19.6 Å². The Morgan fingerprint density at radius 2 is 2.00 bits per heavy atom. The van der Waals surface area contributed by atoms with Gasteiger partial charge in [0.15, 0.2) is 0 Å². The van der Waals surface area contributed by atoms with E-state index in [1.165, 1.54) is 0 Å². The molecule has 0 aliphatic carbocycles. The highest BCUT2D eigenvalue weighted by Gasteiger charge is 1.93. The lowest BCUT2D eigenvalue weighted by Gasteiger charge is -2.07. The zero-order valence-corrected chi connectivity index (χ0v) is 8.41. The Morgan fingerprint density at radius 3 is 2.42 bits per heavy atom. The second-order valence-electron chi connectivity index (χ2n) is 2.75. The van der Waals surface area contributed by atoms with Gasteiger partial charge in [-0.3, -0.25) is 4.79 Å². The molecular weight excluding hydrogens is 178 g/mol. The normalized spacial score (nSPS) is 9.58. The minimum atomic E-state index is -0.311. The van der Waals surface area contributed by atoms with Crippen LogP contribution in [-0.2, 0) is 4.79 Å². The van der Waals surface area contributed by atoms with E-state index < -0.39 is 0 Å². The van der Waals surface area contributed by atoms with Gasteiger partial charge in [0.25, 0.3) is 0 Å². The molecule has 0 aromatic rings. The summed E-state index contributed by atoms with van der Waals surface area (Å²) in [4.78, 5) is 10.2. The van der Waals surface area contributed by atoms with Crippen LogP contribution in [0.1, 0.15) is 13.8 Å². The van der Waals surface area contributed by atoms with Gasteiger partial charge in [-0.2, -0.15) is 0 Å². The predicted octanol–water partition coefficient (Wildman–Crippen LogP) is -0.519. The fourth-order valence-electron chi connectivity index (χ4n) is 0.661. The molecule has 12 heavy (non-hydrogen) atoms. The van der Waals surface area contributed by atoms with Crippen LogP contribution in [0.4, 0.5) is 0 Å². The average molecular weight is 196 g/mol. The Hall–Kier alpha value is -0.320. The van der Waals surface area contributed by atoms with Crippen LogP contribution in [0.3, 0.4) is 0 Å². The summed E-state index contributed by atoms with van der Waals surface area (Å²) < 4.78 is 0. The van der Waals surface area contributed by atoms with E-state index in [9.17, 15) is 4.79 Å². The highest BCUT2D eigenvalue weighted by atomic mass is 35.5. The zero-order chi connectivity index (χ0) is 8.69. The summed E-state index contributed by atoms with van der Waals surface area (Å²) in [6.45, 7) is 6.06. The molecule has 0 aliphatic rings. The molecule has 0 atom stereocenters. The van der Waals surface area contributed by atoms with Crippen LogP contribution in [0, 0.1) is 0 Å². The number of hydrogen-bond acceptors (Lipinski definition) is 3. The van der Waals surface area contributed by atoms with E-state index in [1.807, 2.05) is 0 Å². The first-order chi connectivity index (χ1) is 5.13. The third kappa shape index (κ3) is 12.4. The quantitative estimate of drug-likeness (QED) is 0.500. The lowest BCUT2D eigenvalue weighted by molar-refractivity contribution is -0.117. The van der Waals surface area contributed by atoms with Crippen molar-refractivity contribution in [3.8, 4) is 0 Å². The first kappa shape index (κ1) is 14.2. The first-order valence-electron chi connectivity index (χ1n) is 3.85. The van der Waals surface area contributed by atoms with Crippen molar-refractivity contribution in [1.82, 2.24) is 10.6 Å². The molecule has 74 valence electrons. The molecule has 5 heteroatoms. The largest absolute Gasteiger partial charge is 0.369 e. The Balaban J connectivity index is 0. The number of carbonyl (C=O) groups is 1. The van der Waals surface area contributed by atoms with Gasteiger partial charge in [-0.25, -0.2) is 0 Å². The van der Waals surface area contributed by atoms with Crippen molar-refractivity contribution in [3.05, 3.63) is 0 Å². The number of halogens is 1. The monoisotopic (exact) mass is 195 g/mol. The van der Waals surface area contributed by atoms with Crippen molar-refractivity contribution < 1.29 is 4.79 Å². The SMILES string of the molecule is CC(C)NCCNCC(N)=O.Cl. The van der Waals surface area contributed by atoms with Crippen molar-refractivity contribution in [2.24, 2.45) is 5.73 Å². The zero-order valence-electron chi connectivity index (χ0n) is 7.59. The van der Waals surface area contributed by atoms with Crippen LogP contribution in [0.25, 0.3) is 0 Å². The van der Waals surface area contributed by atoms with Crippen LogP contribution in [0.5, 0.6) is 0 Å². The molecule has 4 nitrogen and oxygen atoms in total. The van der Waals surface area contributed by atoms with Crippen LogP contribution < -0.4 is 16.4 Å². The van der Waals surface area contributed by atoms with Gasteiger partial charge in [-0.1, -0.05) is 13.8 Å². The maximum atomic E-state index is 10.2. The van der Waals surface area contributed by atoms with Crippen molar-refractivity contribution in [2.45, 2.75) is 19.9 Å². The highest BCUT2D eigenvalue weighted by molar-refractivity contribution is 5.85. The third-order valence-electron chi connectivity index (χ3n) is 1.15. The fraction of sp³-hybridized carbons (Fsp3) is 0.857. The number of hydrogen-bond donors (Lipinski definition) is 3. The van der Waals surface area contributed by atoms with Gasteiger partial charge in [0.05, 0.1) is 6.54 Å². The first-order valence-corrected chi connectivity index (χ1v) is 3.85. The van der Waals surface area contributed by atoms with E-state index in [1.54, 1.807) is 0 Å². The maximum absolute atomic E-state index is 10.2. The molecule has 0 unspecified atom stereocenters. The standard InChI is InChI=1S/C7H17N3O.ClH/c1-6(2)10-4-3-9-5-7(8)11;/h6,9-10H,3-5H2,1-2H3,(H2,8,11);1H. The molecule has 0 spiro atoms. The van der Waals surface area contributed by atoms with Gasteiger partial charge in [0, 0.05) is 19.1 Å². The third-order valence-corrected chi connectivity index (χ3v) is 1.15. The molecule has 4 N–H and O–H groups in total. The van der Waals surface area contributed by atoms with Gasteiger partial charge in [-0.05, 0) is 0 Å². The number of amides is 1. The number of carbonyl (C=O) groups excluding carboxylic acids is 1. The maximum Gasteiger partial charge on any atom is 0.231 e. The highest BCUT2D eigenvalue weighted by Crippen LogP contribution is 1.72. The molecule has 0 radical (unpaired) electrons. The molecule has 0 aliphatic heterocycles. The lowest BCUT2D eigenvalue weighted by atomic mass is 10.4. The second-order valence-corrected chi connectivity index (χ2v) is 2.75. The average Bonchev–Trinajstić information content (AvgIpc) is 1.85. The van der Waals surface area contributed by atoms with Crippen LogP contribution in [0.2, 0.25) is 0 Å². The van der Waals surface area contributed by atoms with E-state index >= 15 is 0 Å². The Kier molecular flexibility index (Phi) is 10.4. The molecule has 0 heterocycles. The Bertz CT molecular complexity index is 119. The fourth-order valence-corrected chi connectivity index (χ4v) is 0.661. The summed E-state index contributed by atoms with van der Waals surface area (Å²) in [6.07, 6.45) is 0. The van der Waals surface area contributed by atoms with Crippen molar-refractivity contribution in [1.29, 1.82) is 0 Å². The van der Waals surface area contributed by atoms with Crippen molar-refractivity contribution >= 4 is 18.3 Å². The van der Waals surface area contributed by atoms with E-state index in [2.05, 4.69) is 24.5 Å². The topological polar surface area (TPSA) is 67.2 Å². The van der Waals surface area contributed by atoms with Gasteiger partial charge in [-0.15, -0.1) is 12.4 Å². The molecule has 1 amide bonds. The van der Waals surface area contributed by atoms with Crippen LogP contribution in [-0.4, -0.2) is 31.6 Å². The Morgan fingerprint density at radius 1 is 1.42 bits per heavy atom. The molecule has 0 aromatic carbocycles. The number of nitrogens with one attached hydrogen (secondary N) is 2. The molecular formula is C7H18ClN3O. The minimum absolute atomic E-state index is 0. The summed E-state index contributed by atoms with van der Waals surface area (Å²) >= 11 is 0. The number of primary amides is 1. The van der Waals surface area contributed by atoms with E-state index in [4.69, 9.17) is 5.73 Å². The summed E-state index contributed by atoms with van der Waals surface area (Å²) in [5.41, 5.74) is 4.91. The summed E-state index contributed by atoms with van der Waals surface area (Å²) in [5, 5.41) is 6.11. The summed E-state index contributed by atoms with van der Waals surface area (Å²) in [5.74, 6) is -0.311. The molecule has 0 saturated heterocycles. The van der Waals surface area contributed by atoms with Crippen LogP contribution in [0.15, 0.2) is 0 Å². The molecule has 0 rings (SSSR count). The summed E-state index contributed by atoms with van der Waals surface area (Å²) in [7, 11) is 0. The second kappa shape index (κ2) is 8.77.